The Kier molecular flexibility index (Phi) is 4.59. The fourth-order valence-corrected chi connectivity index (χ4v) is 4.35. The van der Waals surface area contributed by atoms with Crippen LogP contribution >= 0.6 is 0 Å². The Labute approximate surface area is 148 Å². The second kappa shape index (κ2) is 7.02. The molecule has 1 N–H and O–H groups in total. The third-order valence-corrected chi connectivity index (χ3v) is 5.97. The SMILES string of the molecule is O=C(c1cccnc1)N1CC[C@@H](NC(=O)N2CCC[C@@H]2C2CCC2)C1. The molecule has 0 bridgehead atoms. The number of nitrogens with zero attached hydrogens (tertiary/aromatic N) is 3. The molecule has 1 aromatic rings. The zero-order valence-electron chi connectivity index (χ0n) is 14.6. The number of carbonyl (C=O) groups is 2. The summed E-state index contributed by atoms with van der Waals surface area (Å²) in [5.41, 5.74) is 0.610. The Morgan fingerprint density at radius 3 is 2.72 bits per heavy atom. The number of amides is 3. The first-order valence-corrected chi connectivity index (χ1v) is 9.49. The molecule has 6 heteroatoms. The largest absolute Gasteiger partial charge is 0.336 e. The first-order valence-electron chi connectivity index (χ1n) is 9.49. The summed E-state index contributed by atoms with van der Waals surface area (Å²) in [4.78, 5) is 33.1. The maximum absolute atomic E-state index is 12.7. The van der Waals surface area contributed by atoms with Crippen molar-refractivity contribution in [3.63, 3.8) is 0 Å². The Hall–Kier alpha value is -2.11. The highest BCUT2D eigenvalue weighted by molar-refractivity contribution is 5.94. The van der Waals surface area contributed by atoms with E-state index >= 15 is 0 Å². The number of urea groups is 1. The van der Waals surface area contributed by atoms with Gasteiger partial charge in [0.05, 0.1) is 5.56 Å². The van der Waals surface area contributed by atoms with E-state index in [1.807, 2.05) is 4.90 Å². The van der Waals surface area contributed by atoms with E-state index in [4.69, 9.17) is 0 Å². The van der Waals surface area contributed by atoms with Crippen molar-refractivity contribution in [2.45, 2.75) is 50.6 Å². The first-order chi connectivity index (χ1) is 12.2. The second-order valence-electron chi connectivity index (χ2n) is 7.52. The lowest BCUT2D eigenvalue weighted by Crippen LogP contribution is -2.50. The number of carbonyl (C=O) groups excluding carboxylic acids is 2. The molecule has 6 nitrogen and oxygen atoms in total. The van der Waals surface area contributed by atoms with Crippen molar-refractivity contribution in [2.75, 3.05) is 19.6 Å². The van der Waals surface area contributed by atoms with Gasteiger partial charge in [-0.05, 0) is 50.2 Å². The first kappa shape index (κ1) is 16.4. The molecule has 0 spiro atoms. The molecule has 2 atom stereocenters. The zero-order valence-corrected chi connectivity index (χ0v) is 14.6. The van der Waals surface area contributed by atoms with Crippen LogP contribution in [0.5, 0.6) is 0 Å². The van der Waals surface area contributed by atoms with Crippen LogP contribution < -0.4 is 5.32 Å². The minimum atomic E-state index is -0.00151. The van der Waals surface area contributed by atoms with Crippen LogP contribution in [0.15, 0.2) is 24.5 Å². The molecule has 1 aromatic heterocycles. The highest BCUT2D eigenvalue weighted by atomic mass is 16.2. The van der Waals surface area contributed by atoms with Crippen molar-refractivity contribution in [1.29, 1.82) is 0 Å². The number of nitrogens with one attached hydrogen (secondary N) is 1. The van der Waals surface area contributed by atoms with Crippen LogP contribution in [0.4, 0.5) is 4.79 Å². The molecule has 134 valence electrons. The van der Waals surface area contributed by atoms with Crippen LogP contribution in [0, 0.1) is 5.92 Å². The van der Waals surface area contributed by atoms with Gasteiger partial charge in [-0.3, -0.25) is 9.78 Å². The van der Waals surface area contributed by atoms with E-state index in [0.717, 1.165) is 25.8 Å². The van der Waals surface area contributed by atoms with Gasteiger partial charge < -0.3 is 15.1 Å². The maximum Gasteiger partial charge on any atom is 0.317 e. The predicted octanol–water partition coefficient (Wildman–Crippen LogP) is 2.27. The number of aromatic nitrogens is 1. The van der Waals surface area contributed by atoms with Gasteiger partial charge >= 0.3 is 6.03 Å². The fraction of sp³-hybridized carbons (Fsp3) is 0.632. The van der Waals surface area contributed by atoms with Crippen LogP contribution in [0.25, 0.3) is 0 Å². The van der Waals surface area contributed by atoms with Crippen LogP contribution in [0.1, 0.15) is 48.9 Å². The standard InChI is InChI=1S/C19H26N4O2/c24-18(15-6-2-9-20-12-15)22-11-8-16(13-22)21-19(25)23-10-3-7-17(23)14-4-1-5-14/h2,6,9,12,14,16-17H,1,3-5,7-8,10-11,13H2,(H,21,25)/t16-,17-/m1/s1. The van der Waals surface area contributed by atoms with E-state index in [-0.39, 0.29) is 18.0 Å². The third-order valence-electron chi connectivity index (χ3n) is 5.97. The quantitative estimate of drug-likeness (QED) is 0.916. The van der Waals surface area contributed by atoms with E-state index in [0.29, 0.717) is 30.6 Å². The normalized spacial score (nSPS) is 26.6. The smallest absolute Gasteiger partial charge is 0.317 e. The van der Waals surface area contributed by atoms with E-state index in [1.54, 1.807) is 24.5 Å². The molecule has 4 rings (SSSR count). The second-order valence-corrected chi connectivity index (χ2v) is 7.52. The van der Waals surface area contributed by atoms with Crippen molar-refractivity contribution in [3.8, 4) is 0 Å². The zero-order chi connectivity index (χ0) is 17.2. The summed E-state index contributed by atoms with van der Waals surface area (Å²) in [7, 11) is 0. The molecular formula is C19H26N4O2. The van der Waals surface area contributed by atoms with Crippen molar-refractivity contribution < 1.29 is 9.59 Å². The lowest BCUT2D eigenvalue weighted by Gasteiger charge is -2.37. The van der Waals surface area contributed by atoms with Crippen molar-refractivity contribution in [2.24, 2.45) is 5.92 Å². The van der Waals surface area contributed by atoms with Gasteiger partial charge in [-0.2, -0.15) is 0 Å². The topological polar surface area (TPSA) is 65.5 Å². The molecule has 2 aliphatic heterocycles. The minimum Gasteiger partial charge on any atom is -0.336 e. The van der Waals surface area contributed by atoms with Gasteiger partial charge in [0.15, 0.2) is 0 Å². The molecule has 3 amide bonds. The summed E-state index contributed by atoms with van der Waals surface area (Å²) in [5, 5.41) is 3.17. The summed E-state index contributed by atoms with van der Waals surface area (Å²) in [5.74, 6) is 0.707. The Morgan fingerprint density at radius 2 is 2.00 bits per heavy atom. The van der Waals surface area contributed by atoms with Gasteiger partial charge in [0.2, 0.25) is 0 Å². The van der Waals surface area contributed by atoms with E-state index in [9.17, 15) is 9.59 Å². The monoisotopic (exact) mass is 342 g/mol. The molecule has 25 heavy (non-hydrogen) atoms. The predicted molar refractivity (Wildman–Crippen MR) is 94.1 cm³/mol. The van der Waals surface area contributed by atoms with Gasteiger partial charge in [0.1, 0.15) is 0 Å². The van der Waals surface area contributed by atoms with Crippen molar-refractivity contribution >= 4 is 11.9 Å². The summed E-state index contributed by atoms with van der Waals surface area (Å²) in [6, 6.07) is 4.11. The van der Waals surface area contributed by atoms with E-state index < -0.39 is 0 Å². The number of pyridine rings is 1. The minimum absolute atomic E-state index is 0.00151. The van der Waals surface area contributed by atoms with E-state index in [2.05, 4.69) is 15.2 Å². The molecule has 3 fully saturated rings. The third kappa shape index (κ3) is 3.34. The van der Waals surface area contributed by atoms with Crippen molar-refractivity contribution in [1.82, 2.24) is 20.1 Å². The average molecular weight is 342 g/mol. The number of hydrogen-bond donors (Lipinski definition) is 1. The average Bonchev–Trinajstić information content (AvgIpc) is 3.23. The Balaban J connectivity index is 1.31. The molecule has 3 aliphatic rings. The summed E-state index contributed by atoms with van der Waals surface area (Å²) in [6.45, 7) is 2.14. The molecule has 0 unspecified atom stereocenters. The number of likely N-dealkylation sites (tertiary alicyclic amines) is 2. The highest BCUT2D eigenvalue weighted by Gasteiger charge is 2.38. The summed E-state index contributed by atoms with van der Waals surface area (Å²) in [6.07, 6.45) is 10.2. The summed E-state index contributed by atoms with van der Waals surface area (Å²) < 4.78 is 0. The van der Waals surface area contributed by atoms with Crippen LogP contribution in [-0.2, 0) is 0 Å². The Bertz CT molecular complexity index is 632. The lowest BCUT2D eigenvalue weighted by molar-refractivity contribution is 0.0788. The highest BCUT2D eigenvalue weighted by Crippen LogP contribution is 2.37. The molecule has 1 aliphatic carbocycles. The lowest BCUT2D eigenvalue weighted by atomic mass is 9.79. The summed E-state index contributed by atoms with van der Waals surface area (Å²) >= 11 is 0. The fourth-order valence-electron chi connectivity index (χ4n) is 4.35. The molecule has 0 radical (unpaired) electrons. The molecule has 0 aromatic carbocycles. The molecule has 2 saturated heterocycles. The van der Waals surface area contributed by atoms with Crippen LogP contribution in [-0.4, -0.2) is 58.4 Å². The Morgan fingerprint density at radius 1 is 1.12 bits per heavy atom. The maximum atomic E-state index is 12.7. The van der Waals surface area contributed by atoms with Crippen LogP contribution in [0.3, 0.4) is 0 Å². The molecule has 1 saturated carbocycles. The van der Waals surface area contributed by atoms with Gasteiger partial charge in [0, 0.05) is 44.1 Å². The van der Waals surface area contributed by atoms with Gasteiger partial charge in [-0.1, -0.05) is 6.42 Å². The van der Waals surface area contributed by atoms with Gasteiger partial charge in [-0.25, -0.2) is 4.79 Å². The number of hydrogen-bond acceptors (Lipinski definition) is 3. The number of rotatable bonds is 3. The van der Waals surface area contributed by atoms with Crippen LogP contribution in [0.2, 0.25) is 0 Å². The molecular weight excluding hydrogens is 316 g/mol. The van der Waals surface area contributed by atoms with Gasteiger partial charge in [0.25, 0.3) is 5.91 Å². The molecule has 3 heterocycles. The van der Waals surface area contributed by atoms with Gasteiger partial charge in [-0.15, -0.1) is 0 Å². The van der Waals surface area contributed by atoms with Crippen molar-refractivity contribution in [3.05, 3.63) is 30.1 Å². The van der Waals surface area contributed by atoms with E-state index in [1.165, 1.54) is 19.3 Å².